The molecule has 2 aliphatic heterocycles. The Balaban J connectivity index is 1.22. The van der Waals surface area contributed by atoms with E-state index in [1.807, 2.05) is 48.6 Å². The van der Waals surface area contributed by atoms with Gasteiger partial charge in [-0.05, 0) is 61.3 Å². The third-order valence-corrected chi connectivity index (χ3v) is 8.67. The summed E-state index contributed by atoms with van der Waals surface area (Å²) in [5.41, 5.74) is 4.46. The number of cyclic esters (lactones) is 1. The number of fused-ring (bicyclic) bond motifs is 4. The number of rotatable bonds is 7. The summed E-state index contributed by atoms with van der Waals surface area (Å²) in [6, 6.07) is 14.6. The highest BCUT2D eigenvalue weighted by atomic mass is 16.6. The van der Waals surface area contributed by atoms with Crippen molar-refractivity contribution in [1.29, 1.82) is 0 Å². The largest absolute Gasteiger partial charge is 0.462 e. The van der Waals surface area contributed by atoms with E-state index in [0.717, 1.165) is 28.7 Å². The second-order valence-electron chi connectivity index (χ2n) is 11.8. The van der Waals surface area contributed by atoms with Crippen molar-refractivity contribution in [2.75, 3.05) is 26.4 Å². The number of carbonyl (C=O) groups is 4. The number of hydrogen-bond acceptors (Lipinski definition) is 7. The van der Waals surface area contributed by atoms with Crippen molar-refractivity contribution in [2.24, 2.45) is 5.92 Å². The fraction of sp³-hybridized carbons (Fsp3) is 0.471. The molecule has 1 aliphatic carbocycles. The number of hydrogen-bond donors (Lipinski definition) is 3. The van der Waals surface area contributed by atoms with Crippen LogP contribution in [-0.2, 0) is 23.9 Å². The summed E-state index contributed by atoms with van der Waals surface area (Å²) in [6.07, 6.45) is 5.57. The van der Waals surface area contributed by atoms with Gasteiger partial charge in [0.1, 0.15) is 19.3 Å². The molecule has 5 rings (SSSR count). The molecule has 44 heavy (non-hydrogen) atoms. The maximum absolute atomic E-state index is 13.5. The highest BCUT2D eigenvalue weighted by Crippen LogP contribution is 2.44. The Bertz CT molecular complexity index is 1350. The predicted molar refractivity (Wildman–Crippen MR) is 163 cm³/mol. The number of nitrogens with one attached hydrogen (secondary N) is 2. The number of allylic oxidation sites excluding steroid dienone is 2. The van der Waals surface area contributed by atoms with E-state index in [-0.39, 0.29) is 50.0 Å². The highest BCUT2D eigenvalue weighted by molar-refractivity contribution is 5.86. The molecule has 10 nitrogen and oxygen atoms in total. The van der Waals surface area contributed by atoms with Gasteiger partial charge < -0.3 is 30.1 Å². The van der Waals surface area contributed by atoms with Crippen LogP contribution in [-0.4, -0.2) is 78.4 Å². The Kier molecular flexibility index (Phi) is 10.3. The molecule has 3 amide bonds. The van der Waals surface area contributed by atoms with Crippen LogP contribution in [0.2, 0.25) is 0 Å². The van der Waals surface area contributed by atoms with E-state index in [1.165, 1.54) is 0 Å². The first kappa shape index (κ1) is 31.3. The SMILES string of the molecule is C[C@H](CO)NC(=O)C[C@H]1CC=CCC[C@H](NC(=O)OCC2c3ccccc3-c3ccccc32)C(=O)OC[C@@H]2CCCN2C1=O. The lowest BCUT2D eigenvalue weighted by Gasteiger charge is -2.28. The number of aliphatic hydroxyl groups is 1. The van der Waals surface area contributed by atoms with Gasteiger partial charge in [0.2, 0.25) is 11.8 Å². The molecule has 0 radical (unpaired) electrons. The second kappa shape index (κ2) is 14.5. The smallest absolute Gasteiger partial charge is 0.407 e. The van der Waals surface area contributed by atoms with Crippen molar-refractivity contribution in [3.05, 3.63) is 71.8 Å². The van der Waals surface area contributed by atoms with Crippen LogP contribution >= 0.6 is 0 Å². The van der Waals surface area contributed by atoms with E-state index in [2.05, 4.69) is 22.8 Å². The minimum Gasteiger partial charge on any atom is -0.462 e. The molecule has 2 aromatic carbocycles. The van der Waals surface area contributed by atoms with Crippen LogP contribution in [0.3, 0.4) is 0 Å². The molecule has 10 heteroatoms. The number of aliphatic hydroxyl groups excluding tert-OH is 1. The van der Waals surface area contributed by atoms with E-state index in [1.54, 1.807) is 11.8 Å². The molecular weight excluding hydrogens is 562 g/mol. The average Bonchev–Trinajstić information content (AvgIpc) is 3.63. The molecule has 3 N–H and O–H groups in total. The average molecular weight is 604 g/mol. The molecule has 234 valence electrons. The molecule has 0 bridgehead atoms. The summed E-state index contributed by atoms with van der Waals surface area (Å²) >= 11 is 0. The fourth-order valence-corrected chi connectivity index (χ4v) is 6.36. The molecule has 2 heterocycles. The van der Waals surface area contributed by atoms with Gasteiger partial charge in [-0.2, -0.15) is 0 Å². The van der Waals surface area contributed by atoms with E-state index in [4.69, 9.17) is 9.47 Å². The van der Waals surface area contributed by atoms with Crippen molar-refractivity contribution in [3.63, 3.8) is 0 Å². The van der Waals surface area contributed by atoms with E-state index in [9.17, 15) is 24.3 Å². The highest BCUT2D eigenvalue weighted by Gasteiger charge is 2.36. The number of nitrogens with zero attached hydrogens (tertiary/aromatic N) is 1. The lowest BCUT2D eigenvalue weighted by atomic mass is 9.97. The van der Waals surface area contributed by atoms with Crippen molar-refractivity contribution >= 4 is 23.9 Å². The van der Waals surface area contributed by atoms with Crippen LogP contribution in [0.4, 0.5) is 4.79 Å². The molecule has 1 fully saturated rings. The Morgan fingerprint density at radius 2 is 1.75 bits per heavy atom. The van der Waals surface area contributed by atoms with Crippen molar-refractivity contribution in [2.45, 2.75) is 69.5 Å². The molecule has 4 atom stereocenters. The summed E-state index contributed by atoms with van der Waals surface area (Å²) in [5.74, 6) is -1.68. The minimum atomic E-state index is -0.914. The molecule has 0 saturated carbocycles. The number of amides is 3. The first-order valence-corrected chi connectivity index (χ1v) is 15.5. The van der Waals surface area contributed by atoms with Crippen molar-refractivity contribution in [1.82, 2.24) is 15.5 Å². The minimum absolute atomic E-state index is 0.00247. The first-order valence-electron chi connectivity index (χ1n) is 15.5. The Morgan fingerprint density at radius 3 is 2.45 bits per heavy atom. The molecule has 0 aromatic heterocycles. The van der Waals surface area contributed by atoms with Gasteiger partial charge in [0.15, 0.2) is 0 Å². The van der Waals surface area contributed by atoms with Crippen LogP contribution in [0.15, 0.2) is 60.7 Å². The van der Waals surface area contributed by atoms with Gasteiger partial charge >= 0.3 is 12.1 Å². The van der Waals surface area contributed by atoms with Gasteiger partial charge in [0.05, 0.1) is 18.6 Å². The number of alkyl carbamates (subject to hydrolysis) is 1. The number of carbonyl (C=O) groups excluding carboxylic acids is 4. The van der Waals surface area contributed by atoms with Crippen molar-refractivity contribution in [3.8, 4) is 11.1 Å². The zero-order valence-corrected chi connectivity index (χ0v) is 25.1. The lowest BCUT2D eigenvalue weighted by Crippen LogP contribution is -2.46. The van der Waals surface area contributed by atoms with E-state index in [0.29, 0.717) is 32.2 Å². The van der Waals surface area contributed by atoms with Gasteiger partial charge in [-0.3, -0.25) is 9.59 Å². The Labute approximate surface area is 257 Å². The van der Waals surface area contributed by atoms with Crippen LogP contribution in [0, 0.1) is 5.92 Å². The van der Waals surface area contributed by atoms with Crippen LogP contribution < -0.4 is 10.6 Å². The van der Waals surface area contributed by atoms with E-state index >= 15 is 0 Å². The van der Waals surface area contributed by atoms with Crippen LogP contribution in [0.25, 0.3) is 11.1 Å². The monoisotopic (exact) mass is 603 g/mol. The van der Waals surface area contributed by atoms with Crippen LogP contribution in [0.5, 0.6) is 0 Å². The third kappa shape index (κ3) is 7.30. The van der Waals surface area contributed by atoms with Gasteiger partial charge in [-0.15, -0.1) is 0 Å². The first-order chi connectivity index (χ1) is 21.4. The lowest BCUT2D eigenvalue weighted by molar-refractivity contribution is -0.150. The van der Waals surface area contributed by atoms with E-state index < -0.39 is 30.1 Å². The van der Waals surface area contributed by atoms with Gasteiger partial charge in [0.25, 0.3) is 0 Å². The van der Waals surface area contributed by atoms with Gasteiger partial charge in [-0.1, -0.05) is 60.7 Å². The summed E-state index contributed by atoms with van der Waals surface area (Å²) < 4.78 is 11.3. The third-order valence-electron chi connectivity index (χ3n) is 8.67. The molecular formula is C34H41N3O7. The predicted octanol–water partition coefficient (Wildman–Crippen LogP) is 3.67. The Hall–Kier alpha value is -4.18. The molecule has 1 saturated heterocycles. The van der Waals surface area contributed by atoms with Crippen molar-refractivity contribution < 1.29 is 33.8 Å². The molecule has 0 spiro atoms. The maximum atomic E-state index is 13.5. The summed E-state index contributed by atoms with van der Waals surface area (Å²) in [5, 5.41) is 14.7. The van der Waals surface area contributed by atoms with Gasteiger partial charge in [0, 0.05) is 24.9 Å². The standard InChI is InChI=1S/C34H41N3O7/c1-22(19-38)35-31(39)18-23-10-3-2-4-16-30(33(41)43-20-24-11-9-17-37(24)32(23)40)36-34(42)44-21-29-27-14-7-5-12-25(27)26-13-6-8-15-28(26)29/h2-3,5-8,12-15,22-24,29-30,38H,4,9-11,16-21H2,1H3,(H,35,39)(H,36,42)/t22-,23-,24+,30+/m1/s1. The quantitative estimate of drug-likeness (QED) is 0.325. The zero-order chi connectivity index (χ0) is 31.1. The summed E-state index contributed by atoms with van der Waals surface area (Å²) in [7, 11) is 0. The van der Waals surface area contributed by atoms with Crippen LogP contribution in [0.1, 0.15) is 62.5 Å². The second-order valence-corrected chi connectivity index (χ2v) is 11.8. The number of esters is 1. The summed E-state index contributed by atoms with van der Waals surface area (Å²) in [6.45, 7) is 2.18. The zero-order valence-electron chi connectivity index (χ0n) is 25.1. The van der Waals surface area contributed by atoms with Gasteiger partial charge in [-0.25, -0.2) is 9.59 Å². The Morgan fingerprint density at radius 1 is 1.05 bits per heavy atom. The number of ether oxygens (including phenoxy) is 2. The molecule has 0 unspecified atom stereocenters. The summed E-state index contributed by atoms with van der Waals surface area (Å²) in [4.78, 5) is 53.9. The fourth-order valence-electron chi connectivity index (χ4n) is 6.36. The normalized spacial score (nSPS) is 22.8. The maximum Gasteiger partial charge on any atom is 0.407 e. The number of benzene rings is 2. The molecule has 3 aliphatic rings. The topological polar surface area (TPSA) is 134 Å². The molecule has 2 aromatic rings.